The fraction of sp³-hybridized carbons (Fsp3) is 0.571. The number of aliphatic hydroxyl groups excluding tert-OH is 1. The van der Waals surface area contributed by atoms with Crippen molar-refractivity contribution in [1.29, 1.82) is 0 Å². The zero-order chi connectivity index (χ0) is 14.2. The summed E-state index contributed by atoms with van der Waals surface area (Å²) in [6.45, 7) is 8.58. The van der Waals surface area contributed by atoms with Gasteiger partial charge >= 0.3 is 8.56 Å². The third-order valence-corrected chi connectivity index (χ3v) is 8.24. The van der Waals surface area contributed by atoms with Crippen molar-refractivity contribution in [2.24, 2.45) is 0 Å². The maximum absolute atomic E-state index is 9.79. The second kappa shape index (κ2) is 5.35. The zero-order valence-corrected chi connectivity index (χ0v) is 13.6. The summed E-state index contributed by atoms with van der Waals surface area (Å²) in [6, 6.07) is 5.57. The molecule has 0 aliphatic carbocycles. The molecule has 2 rings (SSSR count). The molecule has 3 nitrogen and oxygen atoms in total. The summed E-state index contributed by atoms with van der Waals surface area (Å²) in [4.78, 5) is 0. The van der Waals surface area contributed by atoms with Gasteiger partial charge in [0.05, 0.1) is 12.0 Å². The van der Waals surface area contributed by atoms with E-state index >= 15 is 0 Å². The fourth-order valence-electron chi connectivity index (χ4n) is 2.49. The Morgan fingerprint density at radius 3 is 2.21 bits per heavy atom. The normalized spacial score (nSPS) is 18.1. The summed E-state index contributed by atoms with van der Waals surface area (Å²) in [5, 5.41) is 9.79. The van der Waals surface area contributed by atoms with Crippen LogP contribution in [0.25, 0.3) is 0 Å². The maximum Gasteiger partial charge on any atom is 0.465 e. The van der Waals surface area contributed by atoms with Crippen LogP contribution in [0.15, 0.2) is 18.2 Å². The molecule has 1 aromatic rings. The first-order valence-electron chi connectivity index (χ1n) is 6.66. The smallest absolute Gasteiger partial charge is 0.465 e. The van der Waals surface area contributed by atoms with E-state index in [2.05, 4.69) is 27.7 Å². The third-order valence-electron chi connectivity index (χ3n) is 3.65. The highest BCUT2D eigenvalue weighted by molar-refractivity contribution is 6.72. The number of benzene rings is 1. The Labute approximate surface area is 120 Å². The SMILES string of the molecule is CC(C)[Si]1(C(C)C)Oc2ccc([C@@H](O)CCl)cc2O1. The first kappa shape index (κ1) is 14.7. The molecule has 1 atom stereocenters. The number of alkyl halides is 1. The summed E-state index contributed by atoms with van der Waals surface area (Å²) in [5.41, 5.74) is 1.50. The predicted octanol–water partition coefficient (Wildman–Crippen LogP) is 3.99. The largest absolute Gasteiger partial charge is 0.508 e. The van der Waals surface area contributed by atoms with E-state index in [1.165, 1.54) is 0 Å². The van der Waals surface area contributed by atoms with Crippen molar-refractivity contribution in [2.75, 3.05) is 5.88 Å². The van der Waals surface area contributed by atoms with Crippen molar-refractivity contribution in [3.05, 3.63) is 23.8 Å². The van der Waals surface area contributed by atoms with Crippen LogP contribution < -0.4 is 8.85 Å². The van der Waals surface area contributed by atoms with Gasteiger partial charge in [-0.3, -0.25) is 0 Å². The lowest BCUT2D eigenvalue weighted by Gasteiger charge is -2.30. The van der Waals surface area contributed by atoms with E-state index in [1.54, 1.807) is 0 Å². The van der Waals surface area contributed by atoms with Gasteiger partial charge in [-0.05, 0) is 17.7 Å². The number of rotatable bonds is 4. The zero-order valence-electron chi connectivity index (χ0n) is 11.8. The van der Waals surface area contributed by atoms with Gasteiger partial charge in [0.15, 0.2) is 0 Å². The van der Waals surface area contributed by atoms with Crippen LogP contribution in [0.3, 0.4) is 0 Å². The lowest BCUT2D eigenvalue weighted by Crippen LogP contribution is -2.50. The molecular weight excluding hydrogens is 280 g/mol. The van der Waals surface area contributed by atoms with E-state index in [0.29, 0.717) is 11.1 Å². The van der Waals surface area contributed by atoms with Crippen LogP contribution >= 0.6 is 11.6 Å². The second-order valence-electron chi connectivity index (χ2n) is 5.61. The van der Waals surface area contributed by atoms with Gasteiger partial charge in [-0.25, -0.2) is 0 Å². The molecule has 0 saturated carbocycles. The molecule has 106 valence electrons. The van der Waals surface area contributed by atoms with Gasteiger partial charge in [0, 0.05) is 11.1 Å². The molecule has 0 radical (unpaired) electrons. The lowest BCUT2D eigenvalue weighted by molar-refractivity contribution is 0.202. The average Bonchev–Trinajstić information content (AvgIpc) is 2.77. The molecule has 0 unspecified atom stereocenters. The highest BCUT2D eigenvalue weighted by Gasteiger charge is 2.53. The van der Waals surface area contributed by atoms with Crippen LogP contribution in [0, 0.1) is 0 Å². The van der Waals surface area contributed by atoms with Crippen LogP contribution in [0.4, 0.5) is 0 Å². The summed E-state index contributed by atoms with van der Waals surface area (Å²) in [7, 11) is -2.27. The summed E-state index contributed by atoms with van der Waals surface area (Å²) in [6.07, 6.45) is -0.662. The van der Waals surface area contributed by atoms with Gasteiger partial charge in [-0.2, -0.15) is 0 Å². The Bertz CT molecular complexity index is 454. The highest BCUT2D eigenvalue weighted by atomic mass is 35.5. The minimum Gasteiger partial charge on any atom is -0.508 e. The molecule has 0 fully saturated rings. The second-order valence-corrected chi connectivity index (χ2v) is 10.1. The van der Waals surface area contributed by atoms with Crippen LogP contribution in [-0.2, 0) is 0 Å². The van der Waals surface area contributed by atoms with E-state index in [-0.39, 0.29) is 5.88 Å². The molecule has 19 heavy (non-hydrogen) atoms. The Morgan fingerprint density at radius 2 is 1.68 bits per heavy atom. The molecule has 5 heteroatoms. The van der Waals surface area contributed by atoms with Gasteiger partial charge in [0.2, 0.25) is 0 Å². The molecular formula is C14H21ClO3Si. The summed E-state index contributed by atoms with van der Waals surface area (Å²) >= 11 is 5.68. The number of hydrogen-bond donors (Lipinski definition) is 1. The molecule has 1 aliphatic heterocycles. The van der Waals surface area contributed by atoms with E-state index in [4.69, 9.17) is 20.5 Å². The van der Waals surface area contributed by atoms with Gasteiger partial charge < -0.3 is 14.0 Å². The molecule has 1 aliphatic rings. The minimum atomic E-state index is -2.27. The van der Waals surface area contributed by atoms with E-state index in [1.807, 2.05) is 18.2 Å². The minimum absolute atomic E-state index is 0.177. The molecule has 0 saturated heterocycles. The fourth-order valence-corrected chi connectivity index (χ4v) is 6.00. The number of hydrogen-bond acceptors (Lipinski definition) is 3. The Morgan fingerprint density at radius 1 is 1.11 bits per heavy atom. The number of halogens is 1. The van der Waals surface area contributed by atoms with E-state index in [9.17, 15) is 5.11 Å². The molecule has 1 heterocycles. The van der Waals surface area contributed by atoms with Crippen molar-refractivity contribution in [1.82, 2.24) is 0 Å². The first-order valence-corrected chi connectivity index (χ1v) is 9.17. The van der Waals surface area contributed by atoms with Crippen LogP contribution in [0.1, 0.15) is 39.4 Å². The number of aliphatic hydroxyl groups is 1. The van der Waals surface area contributed by atoms with Gasteiger partial charge in [-0.1, -0.05) is 33.8 Å². The molecule has 0 aromatic heterocycles. The third kappa shape index (κ3) is 2.49. The standard InChI is InChI=1S/C14H21ClO3Si/c1-9(2)19(10(3)4)17-13-6-5-11(12(16)8-15)7-14(13)18-19/h5-7,9-10,12,16H,8H2,1-4H3/t12-/m0/s1. The van der Waals surface area contributed by atoms with Crippen molar-refractivity contribution in [3.63, 3.8) is 0 Å². The average molecular weight is 301 g/mol. The quantitative estimate of drug-likeness (QED) is 0.675. The van der Waals surface area contributed by atoms with Crippen molar-refractivity contribution in [2.45, 2.75) is 44.9 Å². The van der Waals surface area contributed by atoms with E-state index in [0.717, 1.165) is 17.1 Å². The predicted molar refractivity (Wildman–Crippen MR) is 79.3 cm³/mol. The molecule has 0 amide bonds. The van der Waals surface area contributed by atoms with Crippen molar-refractivity contribution in [3.8, 4) is 11.5 Å². The van der Waals surface area contributed by atoms with Gasteiger partial charge in [0.1, 0.15) is 11.5 Å². The molecule has 0 bridgehead atoms. The van der Waals surface area contributed by atoms with E-state index < -0.39 is 14.7 Å². The topological polar surface area (TPSA) is 38.7 Å². The first-order chi connectivity index (χ1) is 8.90. The van der Waals surface area contributed by atoms with Crippen LogP contribution in [0.2, 0.25) is 11.1 Å². The summed E-state index contributed by atoms with van der Waals surface area (Å²) < 4.78 is 12.4. The Hall–Kier alpha value is -0.713. The Kier molecular flexibility index (Phi) is 4.13. The number of fused-ring (bicyclic) bond motifs is 1. The van der Waals surface area contributed by atoms with Crippen LogP contribution in [-0.4, -0.2) is 19.5 Å². The maximum atomic E-state index is 9.79. The highest BCUT2D eigenvalue weighted by Crippen LogP contribution is 2.47. The molecule has 0 spiro atoms. The monoisotopic (exact) mass is 300 g/mol. The Balaban J connectivity index is 2.34. The molecule has 1 N–H and O–H groups in total. The van der Waals surface area contributed by atoms with Gasteiger partial charge in [0.25, 0.3) is 0 Å². The van der Waals surface area contributed by atoms with Crippen LogP contribution in [0.5, 0.6) is 11.5 Å². The summed E-state index contributed by atoms with van der Waals surface area (Å²) in [5.74, 6) is 1.71. The molecule has 1 aromatic carbocycles. The van der Waals surface area contributed by atoms with Crippen molar-refractivity contribution < 1.29 is 14.0 Å². The van der Waals surface area contributed by atoms with Crippen molar-refractivity contribution >= 4 is 20.2 Å². The van der Waals surface area contributed by atoms with Gasteiger partial charge in [-0.15, -0.1) is 11.6 Å². The lowest BCUT2D eigenvalue weighted by atomic mass is 10.1.